The Bertz CT molecular complexity index is 284. The van der Waals surface area contributed by atoms with Crippen molar-refractivity contribution in [3.05, 3.63) is 34.9 Å². The van der Waals surface area contributed by atoms with Crippen molar-refractivity contribution in [1.82, 2.24) is 5.32 Å². The Hall–Kier alpha value is -0.820. The predicted molar refractivity (Wildman–Crippen MR) is 67.1 cm³/mol. The fourth-order valence-electron chi connectivity index (χ4n) is 1.78. The van der Waals surface area contributed by atoms with Crippen molar-refractivity contribution in [1.29, 1.82) is 0 Å². The second kappa shape index (κ2) is 5.92. The molecule has 1 aromatic rings. The zero-order valence-electron chi connectivity index (χ0n) is 10.4. The normalized spacial score (nSPS) is 12.8. The highest BCUT2D eigenvalue weighted by Crippen LogP contribution is 2.08. The van der Waals surface area contributed by atoms with E-state index in [1.165, 1.54) is 23.1 Å². The number of hydrogen-bond acceptors (Lipinski definition) is 1. The molecule has 1 heteroatoms. The molecule has 1 aromatic carbocycles. The Labute approximate surface area is 93.9 Å². The molecule has 0 amide bonds. The largest absolute Gasteiger partial charge is 0.312 e. The van der Waals surface area contributed by atoms with Crippen molar-refractivity contribution in [3.63, 3.8) is 0 Å². The smallest absolute Gasteiger partial charge is 0.0205 e. The first-order valence-corrected chi connectivity index (χ1v) is 5.89. The number of rotatable bonds is 5. The van der Waals surface area contributed by atoms with Gasteiger partial charge >= 0.3 is 0 Å². The van der Waals surface area contributed by atoms with Gasteiger partial charge in [0.05, 0.1) is 0 Å². The maximum atomic E-state index is 3.51. The zero-order chi connectivity index (χ0) is 11.3. The zero-order valence-corrected chi connectivity index (χ0v) is 10.4. The summed E-state index contributed by atoms with van der Waals surface area (Å²) in [4.78, 5) is 0. The molecule has 0 saturated carbocycles. The summed E-state index contributed by atoms with van der Waals surface area (Å²) in [6.45, 7) is 10.9. The SMILES string of the molecule is CCC(C)CNCc1cc(C)cc(C)c1. The molecule has 0 bridgehead atoms. The van der Waals surface area contributed by atoms with Crippen LogP contribution in [0.3, 0.4) is 0 Å². The van der Waals surface area contributed by atoms with Crippen molar-refractivity contribution in [2.45, 2.75) is 40.7 Å². The molecule has 0 spiro atoms. The van der Waals surface area contributed by atoms with Crippen LogP contribution in [0.4, 0.5) is 0 Å². The van der Waals surface area contributed by atoms with Gasteiger partial charge in [-0.3, -0.25) is 0 Å². The summed E-state index contributed by atoms with van der Waals surface area (Å²) in [6, 6.07) is 6.74. The summed E-state index contributed by atoms with van der Waals surface area (Å²) in [5.41, 5.74) is 4.11. The minimum atomic E-state index is 0.774. The molecule has 1 nitrogen and oxygen atoms in total. The molecule has 1 atom stereocenters. The van der Waals surface area contributed by atoms with E-state index < -0.39 is 0 Å². The Morgan fingerprint density at radius 2 is 1.73 bits per heavy atom. The third kappa shape index (κ3) is 4.48. The van der Waals surface area contributed by atoms with Gasteiger partial charge in [0.25, 0.3) is 0 Å². The summed E-state index contributed by atoms with van der Waals surface area (Å²) in [7, 11) is 0. The predicted octanol–water partition coefficient (Wildman–Crippen LogP) is 3.44. The molecule has 84 valence electrons. The van der Waals surface area contributed by atoms with Gasteiger partial charge in [-0.05, 0) is 31.9 Å². The second-order valence-corrected chi connectivity index (χ2v) is 4.64. The molecule has 1 rings (SSSR count). The van der Waals surface area contributed by atoms with Crippen molar-refractivity contribution in [2.75, 3.05) is 6.54 Å². The Morgan fingerprint density at radius 1 is 1.13 bits per heavy atom. The van der Waals surface area contributed by atoms with Crippen LogP contribution in [0.2, 0.25) is 0 Å². The topological polar surface area (TPSA) is 12.0 Å². The van der Waals surface area contributed by atoms with Gasteiger partial charge in [0.2, 0.25) is 0 Å². The van der Waals surface area contributed by atoms with Crippen molar-refractivity contribution >= 4 is 0 Å². The average molecular weight is 205 g/mol. The lowest BCUT2D eigenvalue weighted by atomic mass is 10.1. The highest BCUT2D eigenvalue weighted by molar-refractivity contribution is 5.28. The van der Waals surface area contributed by atoms with Gasteiger partial charge in [0, 0.05) is 6.54 Å². The van der Waals surface area contributed by atoms with E-state index in [9.17, 15) is 0 Å². The Kier molecular flexibility index (Phi) is 4.83. The molecule has 15 heavy (non-hydrogen) atoms. The van der Waals surface area contributed by atoms with Crippen LogP contribution in [-0.2, 0) is 6.54 Å². The summed E-state index contributed by atoms with van der Waals surface area (Å²) in [6.07, 6.45) is 1.25. The summed E-state index contributed by atoms with van der Waals surface area (Å²) < 4.78 is 0. The van der Waals surface area contributed by atoms with Crippen LogP contribution < -0.4 is 5.32 Å². The van der Waals surface area contributed by atoms with Crippen LogP contribution in [0.1, 0.15) is 37.0 Å². The van der Waals surface area contributed by atoms with E-state index >= 15 is 0 Å². The highest BCUT2D eigenvalue weighted by atomic mass is 14.8. The maximum absolute atomic E-state index is 3.51. The molecular formula is C14H23N. The van der Waals surface area contributed by atoms with E-state index in [1.54, 1.807) is 0 Å². The summed E-state index contributed by atoms with van der Waals surface area (Å²) in [5, 5.41) is 3.51. The van der Waals surface area contributed by atoms with Crippen LogP contribution in [0.15, 0.2) is 18.2 Å². The first-order chi connectivity index (χ1) is 7.11. The van der Waals surface area contributed by atoms with Gasteiger partial charge in [-0.2, -0.15) is 0 Å². The summed E-state index contributed by atoms with van der Waals surface area (Å²) in [5.74, 6) is 0.774. The molecule has 1 N–H and O–H groups in total. The van der Waals surface area contributed by atoms with E-state index in [0.29, 0.717) is 0 Å². The van der Waals surface area contributed by atoms with Gasteiger partial charge in [-0.1, -0.05) is 49.6 Å². The van der Waals surface area contributed by atoms with Gasteiger partial charge in [-0.25, -0.2) is 0 Å². The minimum absolute atomic E-state index is 0.774. The van der Waals surface area contributed by atoms with Gasteiger partial charge in [0.15, 0.2) is 0 Å². The number of aryl methyl sites for hydroxylation is 2. The monoisotopic (exact) mass is 205 g/mol. The maximum Gasteiger partial charge on any atom is 0.0205 e. The van der Waals surface area contributed by atoms with Crippen molar-refractivity contribution in [2.24, 2.45) is 5.92 Å². The highest BCUT2D eigenvalue weighted by Gasteiger charge is 1.99. The first-order valence-electron chi connectivity index (χ1n) is 5.89. The van der Waals surface area contributed by atoms with Gasteiger partial charge < -0.3 is 5.32 Å². The lowest BCUT2D eigenvalue weighted by Gasteiger charge is -2.11. The van der Waals surface area contributed by atoms with Crippen LogP contribution in [-0.4, -0.2) is 6.54 Å². The van der Waals surface area contributed by atoms with Crippen molar-refractivity contribution < 1.29 is 0 Å². The van der Waals surface area contributed by atoms with Crippen LogP contribution in [0.5, 0.6) is 0 Å². The van der Waals surface area contributed by atoms with E-state index in [-0.39, 0.29) is 0 Å². The third-order valence-electron chi connectivity index (χ3n) is 2.80. The molecule has 0 saturated heterocycles. The molecule has 0 heterocycles. The molecule has 0 aliphatic heterocycles. The third-order valence-corrected chi connectivity index (χ3v) is 2.80. The van der Waals surface area contributed by atoms with Crippen molar-refractivity contribution in [3.8, 4) is 0 Å². The first kappa shape index (κ1) is 12.3. The molecule has 1 unspecified atom stereocenters. The van der Waals surface area contributed by atoms with Crippen LogP contribution in [0, 0.1) is 19.8 Å². The number of benzene rings is 1. The van der Waals surface area contributed by atoms with E-state index in [1.807, 2.05) is 0 Å². The lowest BCUT2D eigenvalue weighted by Crippen LogP contribution is -2.20. The molecule has 0 fully saturated rings. The van der Waals surface area contributed by atoms with Crippen LogP contribution >= 0.6 is 0 Å². The van der Waals surface area contributed by atoms with Gasteiger partial charge in [-0.15, -0.1) is 0 Å². The minimum Gasteiger partial charge on any atom is -0.312 e. The molecule has 0 aromatic heterocycles. The lowest BCUT2D eigenvalue weighted by molar-refractivity contribution is 0.500. The summed E-state index contributed by atoms with van der Waals surface area (Å²) >= 11 is 0. The molecular weight excluding hydrogens is 182 g/mol. The molecule has 0 aliphatic carbocycles. The second-order valence-electron chi connectivity index (χ2n) is 4.64. The molecule has 0 aliphatic rings. The van der Waals surface area contributed by atoms with E-state index in [4.69, 9.17) is 0 Å². The average Bonchev–Trinajstić information content (AvgIpc) is 2.16. The Morgan fingerprint density at radius 3 is 2.27 bits per heavy atom. The van der Waals surface area contributed by atoms with Gasteiger partial charge in [0.1, 0.15) is 0 Å². The fraction of sp³-hybridized carbons (Fsp3) is 0.571. The van der Waals surface area contributed by atoms with Crippen LogP contribution in [0.25, 0.3) is 0 Å². The Balaban J connectivity index is 2.43. The molecule has 0 radical (unpaired) electrons. The van der Waals surface area contributed by atoms with E-state index in [0.717, 1.165) is 19.0 Å². The quantitative estimate of drug-likeness (QED) is 0.776. The fourth-order valence-corrected chi connectivity index (χ4v) is 1.78. The van der Waals surface area contributed by atoms with E-state index in [2.05, 4.69) is 51.2 Å². The standard InChI is InChI=1S/C14H23N/c1-5-11(2)9-15-10-14-7-12(3)6-13(4)8-14/h6-8,11,15H,5,9-10H2,1-4H3. The number of hydrogen-bond donors (Lipinski definition) is 1. The number of nitrogens with one attached hydrogen (secondary N) is 1.